The van der Waals surface area contributed by atoms with Gasteiger partial charge >= 0.3 is 0 Å². The van der Waals surface area contributed by atoms with E-state index >= 15 is 0 Å². The summed E-state index contributed by atoms with van der Waals surface area (Å²) in [5, 5.41) is 20.8. The van der Waals surface area contributed by atoms with Gasteiger partial charge in [-0.1, -0.05) is 12.5 Å². The number of aliphatic hydroxyl groups is 1. The zero-order chi connectivity index (χ0) is 14.7. The molecule has 5 nitrogen and oxygen atoms in total. The molecule has 0 bridgehead atoms. The van der Waals surface area contributed by atoms with Crippen LogP contribution in [0.25, 0.3) is 0 Å². The summed E-state index contributed by atoms with van der Waals surface area (Å²) in [5.41, 5.74) is -0.0926. The standard InChI is InChI=1S/C14H19FN2O3/c1-10(18)13-6-2-3-8-16(13)9-11-12(15)5-4-7-14(11)17(19)20/h4-5,7,10,13,18H,2-3,6,8-9H2,1H3. The average Bonchev–Trinajstić information content (AvgIpc) is 2.41. The van der Waals surface area contributed by atoms with Crippen molar-refractivity contribution in [2.75, 3.05) is 6.54 Å². The van der Waals surface area contributed by atoms with Gasteiger partial charge in [0.05, 0.1) is 16.6 Å². The molecule has 0 spiro atoms. The molecule has 0 saturated carbocycles. The van der Waals surface area contributed by atoms with Gasteiger partial charge in [0.25, 0.3) is 5.69 Å². The highest BCUT2D eigenvalue weighted by atomic mass is 19.1. The number of likely N-dealkylation sites (tertiary alicyclic amines) is 1. The van der Waals surface area contributed by atoms with Gasteiger partial charge in [-0.05, 0) is 32.4 Å². The predicted molar refractivity (Wildman–Crippen MR) is 72.8 cm³/mol. The largest absolute Gasteiger partial charge is 0.392 e. The Hall–Kier alpha value is -1.53. The number of aliphatic hydroxyl groups excluding tert-OH is 1. The van der Waals surface area contributed by atoms with Gasteiger partial charge in [-0.25, -0.2) is 4.39 Å². The highest BCUT2D eigenvalue weighted by Crippen LogP contribution is 2.27. The summed E-state index contributed by atoms with van der Waals surface area (Å²) in [4.78, 5) is 12.4. The van der Waals surface area contributed by atoms with E-state index < -0.39 is 16.8 Å². The average molecular weight is 282 g/mol. The minimum Gasteiger partial charge on any atom is -0.392 e. The van der Waals surface area contributed by atoms with Crippen LogP contribution in [0.5, 0.6) is 0 Å². The highest BCUT2D eigenvalue weighted by molar-refractivity contribution is 5.40. The molecule has 0 aliphatic carbocycles. The minimum atomic E-state index is -0.561. The van der Waals surface area contributed by atoms with Crippen molar-refractivity contribution in [1.29, 1.82) is 0 Å². The predicted octanol–water partition coefficient (Wildman–Crippen LogP) is 2.47. The lowest BCUT2D eigenvalue weighted by Gasteiger charge is -2.37. The van der Waals surface area contributed by atoms with E-state index in [0.29, 0.717) is 0 Å². The second-order valence-electron chi connectivity index (χ2n) is 5.27. The van der Waals surface area contributed by atoms with E-state index in [2.05, 4.69) is 0 Å². The molecule has 0 aromatic heterocycles. The zero-order valence-electron chi connectivity index (χ0n) is 11.5. The summed E-state index contributed by atoms with van der Waals surface area (Å²) >= 11 is 0. The molecule has 1 aromatic rings. The lowest BCUT2D eigenvalue weighted by Crippen LogP contribution is -2.45. The van der Waals surface area contributed by atoms with Crippen molar-refractivity contribution in [2.24, 2.45) is 0 Å². The Kier molecular flexibility index (Phi) is 4.67. The number of rotatable bonds is 4. The van der Waals surface area contributed by atoms with Crippen LogP contribution < -0.4 is 0 Å². The van der Waals surface area contributed by atoms with Gasteiger partial charge in [0.2, 0.25) is 0 Å². The van der Waals surface area contributed by atoms with E-state index in [9.17, 15) is 19.6 Å². The molecule has 1 aromatic carbocycles. The number of hydrogen-bond acceptors (Lipinski definition) is 4. The number of benzene rings is 1. The Morgan fingerprint density at radius 1 is 1.55 bits per heavy atom. The molecular weight excluding hydrogens is 263 g/mol. The molecule has 1 fully saturated rings. The van der Waals surface area contributed by atoms with E-state index in [0.717, 1.165) is 25.8 Å². The van der Waals surface area contributed by atoms with Gasteiger partial charge in [0.1, 0.15) is 5.82 Å². The first-order valence-electron chi connectivity index (χ1n) is 6.84. The number of nitro groups is 1. The van der Waals surface area contributed by atoms with Crippen molar-refractivity contribution in [3.05, 3.63) is 39.7 Å². The fourth-order valence-electron chi connectivity index (χ4n) is 2.84. The SMILES string of the molecule is CC(O)C1CCCCN1Cc1c(F)cccc1[N+](=O)[O-]. The molecule has 1 N–H and O–H groups in total. The normalized spacial score (nSPS) is 21.6. The third-order valence-corrected chi connectivity index (χ3v) is 3.87. The van der Waals surface area contributed by atoms with E-state index in [-0.39, 0.29) is 23.8 Å². The monoisotopic (exact) mass is 282 g/mol. The Bertz CT molecular complexity index is 493. The number of hydrogen-bond donors (Lipinski definition) is 1. The number of piperidine rings is 1. The maximum Gasteiger partial charge on any atom is 0.276 e. The van der Waals surface area contributed by atoms with Crippen LogP contribution in [-0.2, 0) is 6.54 Å². The van der Waals surface area contributed by atoms with Crippen LogP contribution >= 0.6 is 0 Å². The Morgan fingerprint density at radius 2 is 2.30 bits per heavy atom. The van der Waals surface area contributed by atoms with Crippen molar-refractivity contribution in [2.45, 2.75) is 44.9 Å². The molecule has 110 valence electrons. The van der Waals surface area contributed by atoms with Crippen LogP contribution in [0.1, 0.15) is 31.7 Å². The Balaban J connectivity index is 2.26. The van der Waals surface area contributed by atoms with Crippen LogP contribution in [0.2, 0.25) is 0 Å². The van der Waals surface area contributed by atoms with Crippen LogP contribution in [0, 0.1) is 15.9 Å². The van der Waals surface area contributed by atoms with Crippen molar-refractivity contribution >= 4 is 5.69 Å². The topological polar surface area (TPSA) is 66.6 Å². The van der Waals surface area contributed by atoms with Gasteiger partial charge in [0.15, 0.2) is 0 Å². The molecule has 2 unspecified atom stereocenters. The van der Waals surface area contributed by atoms with Gasteiger partial charge < -0.3 is 5.11 Å². The smallest absolute Gasteiger partial charge is 0.276 e. The molecule has 1 aliphatic rings. The van der Waals surface area contributed by atoms with Crippen LogP contribution in [0.3, 0.4) is 0 Å². The van der Waals surface area contributed by atoms with E-state index in [4.69, 9.17) is 0 Å². The molecule has 20 heavy (non-hydrogen) atoms. The molecule has 1 saturated heterocycles. The maximum absolute atomic E-state index is 13.9. The molecule has 6 heteroatoms. The van der Waals surface area contributed by atoms with Crippen molar-refractivity contribution < 1.29 is 14.4 Å². The molecule has 2 rings (SSSR count). The maximum atomic E-state index is 13.9. The molecule has 0 amide bonds. The summed E-state index contributed by atoms with van der Waals surface area (Å²) in [6.45, 7) is 2.60. The second kappa shape index (κ2) is 6.28. The minimum absolute atomic E-state index is 0.0667. The lowest BCUT2D eigenvalue weighted by molar-refractivity contribution is -0.386. The summed E-state index contributed by atoms with van der Waals surface area (Å²) in [7, 11) is 0. The molecule has 0 radical (unpaired) electrons. The first kappa shape index (κ1) is 14.9. The van der Waals surface area contributed by atoms with Crippen molar-refractivity contribution in [1.82, 2.24) is 4.90 Å². The summed E-state index contributed by atoms with van der Waals surface area (Å²) in [5.74, 6) is -0.561. The zero-order valence-corrected chi connectivity index (χ0v) is 11.5. The molecule has 1 aliphatic heterocycles. The molecular formula is C14H19FN2O3. The molecule has 1 heterocycles. The van der Waals surface area contributed by atoms with Gasteiger partial charge in [-0.3, -0.25) is 15.0 Å². The first-order chi connectivity index (χ1) is 9.50. The van der Waals surface area contributed by atoms with E-state index in [1.54, 1.807) is 6.92 Å². The first-order valence-corrected chi connectivity index (χ1v) is 6.84. The van der Waals surface area contributed by atoms with E-state index in [1.165, 1.54) is 18.2 Å². The van der Waals surface area contributed by atoms with E-state index in [1.807, 2.05) is 4.90 Å². The van der Waals surface area contributed by atoms with Crippen LogP contribution in [-0.4, -0.2) is 33.6 Å². The Labute approximate surface area is 117 Å². The Morgan fingerprint density at radius 3 is 2.95 bits per heavy atom. The number of nitrogens with zero attached hydrogens (tertiary/aromatic N) is 2. The third-order valence-electron chi connectivity index (χ3n) is 3.87. The van der Waals surface area contributed by atoms with Gasteiger partial charge in [0, 0.05) is 18.7 Å². The third kappa shape index (κ3) is 3.13. The number of nitro benzene ring substituents is 1. The molecule has 2 atom stereocenters. The lowest BCUT2D eigenvalue weighted by atomic mass is 9.97. The van der Waals surface area contributed by atoms with Crippen LogP contribution in [0.15, 0.2) is 18.2 Å². The summed E-state index contributed by atoms with van der Waals surface area (Å²) in [6.07, 6.45) is 2.29. The van der Waals surface area contributed by atoms with Gasteiger partial charge in [-0.15, -0.1) is 0 Å². The fourth-order valence-corrected chi connectivity index (χ4v) is 2.84. The van der Waals surface area contributed by atoms with Crippen molar-refractivity contribution in [3.8, 4) is 0 Å². The van der Waals surface area contributed by atoms with Crippen LogP contribution in [0.4, 0.5) is 10.1 Å². The van der Waals surface area contributed by atoms with Gasteiger partial charge in [-0.2, -0.15) is 0 Å². The quantitative estimate of drug-likeness (QED) is 0.680. The summed E-state index contributed by atoms with van der Waals surface area (Å²) in [6, 6.07) is 3.84. The summed E-state index contributed by atoms with van der Waals surface area (Å²) < 4.78 is 13.9. The van der Waals surface area contributed by atoms with Crippen molar-refractivity contribution in [3.63, 3.8) is 0 Å². The second-order valence-corrected chi connectivity index (χ2v) is 5.27. The fraction of sp³-hybridized carbons (Fsp3) is 0.571. The highest BCUT2D eigenvalue weighted by Gasteiger charge is 2.29. The number of halogens is 1.